The van der Waals surface area contributed by atoms with Crippen molar-refractivity contribution < 1.29 is 4.12 Å². The summed E-state index contributed by atoms with van der Waals surface area (Å²) in [5, 5.41) is 0. The fourth-order valence-corrected chi connectivity index (χ4v) is 10.3. The average Bonchev–Trinajstić information content (AvgIpc) is 2.06. The quantitative estimate of drug-likeness (QED) is 0.407. The zero-order valence-electron chi connectivity index (χ0n) is 12.1. The molecule has 1 radical (unpaired) electrons. The van der Waals surface area contributed by atoms with Gasteiger partial charge in [-0.1, -0.05) is 45.4 Å². The van der Waals surface area contributed by atoms with E-state index < -0.39 is 16.6 Å². The van der Waals surface area contributed by atoms with E-state index in [1.54, 1.807) is 0 Å². The average molecular weight is 260 g/mol. The van der Waals surface area contributed by atoms with E-state index in [2.05, 4.69) is 39.7 Å². The fraction of sp³-hybridized carbons (Fsp3) is 0.923. The Morgan fingerprint density at radius 1 is 0.812 bits per heavy atom. The molecule has 0 bridgehead atoms. The van der Waals surface area contributed by atoms with Gasteiger partial charge < -0.3 is 4.12 Å². The summed E-state index contributed by atoms with van der Waals surface area (Å²) in [6.45, 7) is 15.5. The van der Waals surface area contributed by atoms with Gasteiger partial charge in [-0.15, -0.1) is 0 Å². The molecule has 0 aromatic heterocycles. The van der Waals surface area contributed by atoms with Crippen LogP contribution in [0.4, 0.5) is 0 Å². The van der Waals surface area contributed by atoms with Crippen molar-refractivity contribution in [3.8, 4) is 0 Å². The Hall–Kier alpha value is 0.394. The first kappa shape index (κ1) is 16.4. The van der Waals surface area contributed by atoms with Gasteiger partial charge in [-0.25, -0.2) is 0 Å². The zero-order valence-corrected chi connectivity index (χ0v) is 14.1. The number of hydrogen-bond donors (Lipinski definition) is 0. The largest absolute Gasteiger partial charge is 0.456 e. The van der Waals surface area contributed by atoms with Gasteiger partial charge in [0.15, 0.2) is 16.6 Å². The highest BCUT2D eigenvalue weighted by atomic mass is 28.4. The molecule has 0 saturated carbocycles. The Morgan fingerprint density at radius 2 is 1.31 bits per heavy atom. The summed E-state index contributed by atoms with van der Waals surface area (Å²) in [5.74, 6) is 0. The molecule has 0 N–H and O–H groups in total. The smallest absolute Gasteiger partial charge is 0.173 e. The summed E-state index contributed by atoms with van der Waals surface area (Å²) >= 11 is 0. The number of hydrogen-bond acceptors (Lipinski definition) is 1. The molecular formula is C13H31OSi2. The summed E-state index contributed by atoms with van der Waals surface area (Å²) in [6.07, 6.45) is 7.88. The molecule has 97 valence electrons. The van der Waals surface area contributed by atoms with Gasteiger partial charge in [0.1, 0.15) is 0 Å². The molecule has 0 unspecified atom stereocenters. The maximum Gasteiger partial charge on any atom is 0.173 e. The third-order valence-electron chi connectivity index (χ3n) is 2.61. The van der Waals surface area contributed by atoms with E-state index in [9.17, 15) is 0 Å². The SMILES string of the molecule is [CH2]CCCCCCC[Si](C)(C)O[Si](C)(C)C. The van der Waals surface area contributed by atoms with Gasteiger partial charge >= 0.3 is 0 Å². The lowest BCUT2D eigenvalue weighted by atomic mass is 10.1. The predicted molar refractivity (Wildman–Crippen MR) is 79.8 cm³/mol. The van der Waals surface area contributed by atoms with Crippen molar-refractivity contribution in [3.05, 3.63) is 6.92 Å². The Labute approximate surface area is 105 Å². The van der Waals surface area contributed by atoms with E-state index in [1.165, 1.54) is 38.1 Å². The molecule has 0 fully saturated rings. The first-order valence-electron chi connectivity index (χ1n) is 6.76. The minimum Gasteiger partial charge on any atom is -0.456 e. The molecule has 0 rings (SSSR count). The fourth-order valence-electron chi connectivity index (χ4n) is 2.14. The van der Waals surface area contributed by atoms with Gasteiger partial charge in [0, 0.05) is 0 Å². The minimum atomic E-state index is -1.36. The van der Waals surface area contributed by atoms with Crippen molar-refractivity contribution in [2.75, 3.05) is 0 Å². The van der Waals surface area contributed by atoms with Crippen molar-refractivity contribution in [3.63, 3.8) is 0 Å². The van der Waals surface area contributed by atoms with Gasteiger partial charge in [-0.05, 0) is 38.8 Å². The van der Waals surface area contributed by atoms with Crippen molar-refractivity contribution in [2.45, 2.75) is 77.3 Å². The third kappa shape index (κ3) is 10.9. The first-order chi connectivity index (χ1) is 7.27. The molecule has 3 heteroatoms. The minimum absolute atomic E-state index is 1.10. The lowest BCUT2D eigenvalue weighted by Gasteiger charge is -2.31. The lowest BCUT2D eigenvalue weighted by Crippen LogP contribution is -2.42. The summed E-state index contributed by atoms with van der Waals surface area (Å²) in [6, 6.07) is 1.33. The van der Waals surface area contributed by atoms with E-state index in [-0.39, 0.29) is 0 Å². The third-order valence-corrected chi connectivity index (χ3v) is 8.83. The summed E-state index contributed by atoms with van der Waals surface area (Å²) in [7, 11) is -2.68. The molecule has 0 amide bonds. The molecule has 0 spiro atoms. The molecule has 0 aliphatic heterocycles. The molecule has 16 heavy (non-hydrogen) atoms. The van der Waals surface area contributed by atoms with Crippen LogP contribution in [0.1, 0.15) is 38.5 Å². The van der Waals surface area contributed by atoms with Gasteiger partial charge in [0.25, 0.3) is 0 Å². The van der Waals surface area contributed by atoms with E-state index in [0.717, 1.165) is 6.42 Å². The predicted octanol–water partition coefficient (Wildman–Crippen LogP) is 5.22. The molecule has 0 aromatic carbocycles. The van der Waals surface area contributed by atoms with Gasteiger partial charge in [0.05, 0.1) is 0 Å². The second-order valence-electron chi connectivity index (χ2n) is 6.35. The van der Waals surface area contributed by atoms with Crippen LogP contribution in [-0.4, -0.2) is 16.6 Å². The van der Waals surface area contributed by atoms with Crippen LogP contribution in [-0.2, 0) is 4.12 Å². The monoisotopic (exact) mass is 259 g/mol. The van der Waals surface area contributed by atoms with E-state index in [4.69, 9.17) is 4.12 Å². The van der Waals surface area contributed by atoms with Gasteiger partial charge in [0.2, 0.25) is 0 Å². The Bertz CT molecular complexity index is 173. The van der Waals surface area contributed by atoms with Gasteiger partial charge in [-0.2, -0.15) is 0 Å². The van der Waals surface area contributed by atoms with Crippen molar-refractivity contribution in [1.29, 1.82) is 0 Å². The van der Waals surface area contributed by atoms with E-state index in [1.807, 2.05) is 0 Å². The van der Waals surface area contributed by atoms with E-state index >= 15 is 0 Å². The summed E-state index contributed by atoms with van der Waals surface area (Å²) < 4.78 is 6.32. The van der Waals surface area contributed by atoms with Gasteiger partial charge in [-0.3, -0.25) is 0 Å². The zero-order chi connectivity index (χ0) is 12.7. The number of rotatable bonds is 9. The molecule has 0 aliphatic carbocycles. The molecule has 0 saturated heterocycles. The Morgan fingerprint density at radius 3 is 1.81 bits per heavy atom. The Balaban J connectivity index is 3.58. The maximum absolute atomic E-state index is 6.32. The highest BCUT2D eigenvalue weighted by molar-refractivity contribution is 6.84. The molecule has 0 aliphatic rings. The molecule has 0 heterocycles. The van der Waals surface area contributed by atoms with E-state index in [0.29, 0.717) is 0 Å². The summed E-state index contributed by atoms with van der Waals surface area (Å²) in [5.41, 5.74) is 0. The van der Waals surface area contributed by atoms with Crippen LogP contribution in [0.15, 0.2) is 0 Å². The maximum atomic E-state index is 6.32. The van der Waals surface area contributed by atoms with Crippen LogP contribution >= 0.6 is 0 Å². The van der Waals surface area contributed by atoms with Crippen LogP contribution in [0, 0.1) is 6.92 Å². The second kappa shape index (κ2) is 7.67. The van der Waals surface area contributed by atoms with Crippen molar-refractivity contribution >= 4 is 16.6 Å². The van der Waals surface area contributed by atoms with Crippen LogP contribution in [0.3, 0.4) is 0 Å². The van der Waals surface area contributed by atoms with Crippen LogP contribution in [0.2, 0.25) is 38.8 Å². The normalized spacial score (nSPS) is 13.1. The highest BCUT2D eigenvalue weighted by Gasteiger charge is 2.28. The van der Waals surface area contributed by atoms with Crippen LogP contribution in [0.5, 0.6) is 0 Å². The van der Waals surface area contributed by atoms with Crippen LogP contribution in [0.25, 0.3) is 0 Å². The topological polar surface area (TPSA) is 9.23 Å². The van der Waals surface area contributed by atoms with Crippen LogP contribution < -0.4 is 0 Å². The first-order valence-corrected chi connectivity index (χ1v) is 13.3. The Kier molecular flexibility index (Phi) is 7.86. The number of unbranched alkanes of at least 4 members (excludes halogenated alkanes) is 5. The van der Waals surface area contributed by atoms with Crippen molar-refractivity contribution in [1.82, 2.24) is 0 Å². The molecule has 0 atom stereocenters. The second-order valence-corrected chi connectivity index (χ2v) is 15.4. The summed E-state index contributed by atoms with van der Waals surface area (Å²) in [4.78, 5) is 0. The highest BCUT2D eigenvalue weighted by Crippen LogP contribution is 2.21. The molecule has 0 aromatic rings. The van der Waals surface area contributed by atoms with Crippen molar-refractivity contribution in [2.24, 2.45) is 0 Å². The lowest BCUT2D eigenvalue weighted by molar-refractivity contribution is 0.537. The molecular weight excluding hydrogens is 228 g/mol. The standard InChI is InChI=1S/C13H31OSi2/c1-7-8-9-10-11-12-13-16(5,6)14-15(2,3)4/h1,7-13H2,2-6H3. The molecule has 1 nitrogen and oxygen atoms in total.